The standard InChI is InChI=1S/C27H37N3O2/c1-4-5-6-7-8-9-10-13-20-30-25-15-12-11-14-24(25)29-26(30)21(2)28-27(31)22-16-18-23(32-3)19-17-22/h11-12,14-19,21H,4-10,13,20H2,1-3H3,(H,28,31). The van der Waals surface area contributed by atoms with E-state index in [1.165, 1.54) is 44.9 Å². The van der Waals surface area contributed by atoms with Gasteiger partial charge in [-0.3, -0.25) is 4.79 Å². The Labute approximate surface area is 192 Å². The van der Waals surface area contributed by atoms with E-state index in [2.05, 4.69) is 28.9 Å². The summed E-state index contributed by atoms with van der Waals surface area (Å²) in [6.07, 6.45) is 10.3. The third-order valence-electron chi connectivity index (χ3n) is 6.01. The van der Waals surface area contributed by atoms with E-state index in [-0.39, 0.29) is 11.9 Å². The topological polar surface area (TPSA) is 56.2 Å². The summed E-state index contributed by atoms with van der Waals surface area (Å²) in [5, 5.41) is 3.12. The Balaban J connectivity index is 1.64. The molecule has 0 saturated heterocycles. The number of carbonyl (C=O) groups is 1. The number of unbranched alkanes of at least 4 members (excludes halogenated alkanes) is 7. The smallest absolute Gasteiger partial charge is 0.251 e. The monoisotopic (exact) mass is 435 g/mol. The van der Waals surface area contributed by atoms with Gasteiger partial charge in [-0.15, -0.1) is 0 Å². The molecule has 5 nitrogen and oxygen atoms in total. The molecule has 0 bridgehead atoms. The molecule has 0 aliphatic rings. The Morgan fingerprint density at radius 2 is 1.62 bits per heavy atom. The van der Waals surface area contributed by atoms with Crippen LogP contribution in [0.1, 0.15) is 87.4 Å². The first kappa shape index (κ1) is 23.8. The SMILES string of the molecule is CCCCCCCCCCn1c(C(C)NC(=O)c2ccc(OC)cc2)nc2ccccc21. The van der Waals surface area contributed by atoms with Gasteiger partial charge in [-0.05, 0) is 49.7 Å². The zero-order valence-electron chi connectivity index (χ0n) is 19.8. The van der Waals surface area contributed by atoms with Gasteiger partial charge in [0.05, 0.1) is 24.2 Å². The van der Waals surface area contributed by atoms with Crippen LogP contribution in [0.4, 0.5) is 0 Å². The third kappa shape index (κ3) is 6.35. The van der Waals surface area contributed by atoms with Gasteiger partial charge in [0.1, 0.15) is 11.6 Å². The van der Waals surface area contributed by atoms with Crippen LogP contribution in [0.2, 0.25) is 0 Å². The molecule has 1 unspecified atom stereocenters. The lowest BCUT2D eigenvalue weighted by Crippen LogP contribution is -2.28. The third-order valence-corrected chi connectivity index (χ3v) is 6.01. The van der Waals surface area contributed by atoms with Crippen LogP contribution in [-0.4, -0.2) is 22.6 Å². The minimum atomic E-state index is -0.189. The van der Waals surface area contributed by atoms with Gasteiger partial charge < -0.3 is 14.6 Å². The fourth-order valence-corrected chi connectivity index (χ4v) is 4.15. The minimum absolute atomic E-state index is 0.106. The Hall–Kier alpha value is -2.82. The van der Waals surface area contributed by atoms with E-state index in [4.69, 9.17) is 9.72 Å². The molecular weight excluding hydrogens is 398 g/mol. The van der Waals surface area contributed by atoms with Crippen molar-refractivity contribution in [3.8, 4) is 5.75 Å². The second-order valence-electron chi connectivity index (χ2n) is 8.51. The van der Waals surface area contributed by atoms with Crippen LogP contribution >= 0.6 is 0 Å². The molecule has 3 aromatic rings. The molecule has 0 spiro atoms. The number of rotatable bonds is 13. The molecule has 172 valence electrons. The van der Waals surface area contributed by atoms with Crippen molar-refractivity contribution in [2.24, 2.45) is 0 Å². The highest BCUT2D eigenvalue weighted by molar-refractivity contribution is 5.94. The van der Waals surface area contributed by atoms with Gasteiger partial charge in [0.2, 0.25) is 0 Å². The zero-order valence-corrected chi connectivity index (χ0v) is 19.8. The molecular formula is C27H37N3O2. The summed E-state index contributed by atoms with van der Waals surface area (Å²) in [6.45, 7) is 5.19. The van der Waals surface area contributed by atoms with Crippen LogP contribution in [0, 0.1) is 0 Å². The molecule has 2 aromatic carbocycles. The minimum Gasteiger partial charge on any atom is -0.497 e. The number of amides is 1. The Bertz CT molecular complexity index is 978. The molecule has 5 heteroatoms. The van der Waals surface area contributed by atoms with Gasteiger partial charge in [0.25, 0.3) is 5.91 Å². The molecule has 1 N–H and O–H groups in total. The molecule has 3 rings (SSSR count). The van der Waals surface area contributed by atoms with Gasteiger partial charge in [0.15, 0.2) is 0 Å². The molecule has 32 heavy (non-hydrogen) atoms. The van der Waals surface area contributed by atoms with Crippen molar-refractivity contribution in [3.63, 3.8) is 0 Å². The number of methoxy groups -OCH3 is 1. The number of carbonyl (C=O) groups excluding carboxylic acids is 1. The van der Waals surface area contributed by atoms with Crippen LogP contribution in [0.15, 0.2) is 48.5 Å². The number of nitrogens with one attached hydrogen (secondary N) is 1. The fourth-order valence-electron chi connectivity index (χ4n) is 4.15. The van der Waals surface area contributed by atoms with E-state index in [1.807, 2.05) is 19.1 Å². The van der Waals surface area contributed by atoms with E-state index in [1.54, 1.807) is 31.4 Å². The van der Waals surface area contributed by atoms with Crippen LogP contribution < -0.4 is 10.1 Å². The van der Waals surface area contributed by atoms with Crippen molar-refractivity contribution in [3.05, 3.63) is 59.9 Å². The maximum Gasteiger partial charge on any atom is 0.251 e. The summed E-state index contributed by atoms with van der Waals surface area (Å²) in [5.74, 6) is 1.55. The summed E-state index contributed by atoms with van der Waals surface area (Å²) in [5.41, 5.74) is 2.73. The number of aryl methyl sites for hydroxylation is 1. The molecule has 1 atom stereocenters. The molecule has 0 aliphatic carbocycles. The van der Waals surface area contributed by atoms with E-state index >= 15 is 0 Å². The highest BCUT2D eigenvalue weighted by atomic mass is 16.5. The predicted octanol–water partition coefficient (Wildman–Crippen LogP) is 6.68. The number of aromatic nitrogens is 2. The molecule has 1 aromatic heterocycles. The summed E-state index contributed by atoms with van der Waals surface area (Å²) >= 11 is 0. The normalized spacial score (nSPS) is 12.1. The van der Waals surface area contributed by atoms with Gasteiger partial charge in [-0.1, -0.05) is 64.0 Å². The highest BCUT2D eigenvalue weighted by Crippen LogP contribution is 2.23. The first-order valence-corrected chi connectivity index (χ1v) is 12.0. The number of fused-ring (bicyclic) bond motifs is 1. The second kappa shape index (κ2) is 12.3. The highest BCUT2D eigenvalue weighted by Gasteiger charge is 2.19. The molecule has 0 aliphatic heterocycles. The maximum absolute atomic E-state index is 12.8. The number of nitrogens with zero attached hydrogens (tertiary/aromatic N) is 2. The Morgan fingerprint density at radius 1 is 0.969 bits per heavy atom. The number of imidazole rings is 1. The average molecular weight is 436 g/mol. The lowest BCUT2D eigenvalue weighted by Gasteiger charge is -2.16. The van der Waals surface area contributed by atoms with E-state index in [0.717, 1.165) is 35.6 Å². The lowest BCUT2D eigenvalue weighted by atomic mass is 10.1. The largest absolute Gasteiger partial charge is 0.497 e. The van der Waals surface area contributed by atoms with E-state index in [0.29, 0.717) is 5.56 Å². The van der Waals surface area contributed by atoms with Crippen molar-refractivity contribution in [1.82, 2.24) is 14.9 Å². The Morgan fingerprint density at radius 3 is 2.31 bits per heavy atom. The summed E-state index contributed by atoms with van der Waals surface area (Å²) in [6, 6.07) is 15.2. The zero-order chi connectivity index (χ0) is 22.8. The molecule has 0 fully saturated rings. The van der Waals surface area contributed by atoms with Gasteiger partial charge in [-0.25, -0.2) is 4.98 Å². The molecule has 0 saturated carbocycles. The summed E-state index contributed by atoms with van der Waals surface area (Å²) < 4.78 is 7.47. The van der Waals surface area contributed by atoms with Crippen LogP contribution in [0.5, 0.6) is 5.75 Å². The van der Waals surface area contributed by atoms with Crippen LogP contribution in [-0.2, 0) is 6.54 Å². The first-order valence-electron chi connectivity index (χ1n) is 12.0. The van der Waals surface area contributed by atoms with Crippen LogP contribution in [0.3, 0.4) is 0 Å². The van der Waals surface area contributed by atoms with E-state index in [9.17, 15) is 4.79 Å². The summed E-state index contributed by atoms with van der Waals surface area (Å²) in [7, 11) is 1.62. The average Bonchev–Trinajstić information content (AvgIpc) is 3.19. The van der Waals surface area contributed by atoms with Gasteiger partial charge >= 0.3 is 0 Å². The second-order valence-corrected chi connectivity index (χ2v) is 8.51. The van der Waals surface area contributed by atoms with Crippen molar-refractivity contribution in [2.75, 3.05) is 7.11 Å². The number of benzene rings is 2. The van der Waals surface area contributed by atoms with Crippen LogP contribution in [0.25, 0.3) is 11.0 Å². The molecule has 1 heterocycles. The summed E-state index contributed by atoms with van der Waals surface area (Å²) in [4.78, 5) is 17.6. The number of ether oxygens (including phenoxy) is 1. The Kier molecular flexibility index (Phi) is 9.14. The van der Waals surface area contributed by atoms with Gasteiger partial charge in [0, 0.05) is 12.1 Å². The van der Waals surface area contributed by atoms with Gasteiger partial charge in [-0.2, -0.15) is 0 Å². The maximum atomic E-state index is 12.8. The number of hydrogen-bond acceptors (Lipinski definition) is 3. The number of hydrogen-bond donors (Lipinski definition) is 1. The first-order chi connectivity index (χ1) is 15.6. The van der Waals surface area contributed by atoms with E-state index < -0.39 is 0 Å². The van der Waals surface area contributed by atoms with Crippen molar-refractivity contribution < 1.29 is 9.53 Å². The lowest BCUT2D eigenvalue weighted by molar-refractivity contribution is 0.0937. The van der Waals surface area contributed by atoms with Crippen molar-refractivity contribution in [2.45, 2.75) is 77.8 Å². The molecule has 0 radical (unpaired) electrons. The predicted molar refractivity (Wildman–Crippen MR) is 131 cm³/mol. The quantitative estimate of drug-likeness (QED) is 0.305. The van der Waals surface area contributed by atoms with Crippen molar-refractivity contribution in [1.29, 1.82) is 0 Å². The van der Waals surface area contributed by atoms with Crippen molar-refractivity contribution >= 4 is 16.9 Å². The molecule has 1 amide bonds. The number of para-hydroxylation sites is 2. The fraction of sp³-hybridized carbons (Fsp3) is 0.481.